The van der Waals surface area contributed by atoms with Crippen LogP contribution in [0.5, 0.6) is 0 Å². The van der Waals surface area contributed by atoms with E-state index in [1.807, 2.05) is 6.92 Å². The van der Waals surface area contributed by atoms with Gasteiger partial charge in [0.05, 0.1) is 0 Å². The van der Waals surface area contributed by atoms with Crippen LogP contribution < -0.4 is 10.5 Å². The molecule has 0 aliphatic carbocycles. The van der Waals surface area contributed by atoms with Crippen molar-refractivity contribution < 1.29 is 8.42 Å². The van der Waals surface area contributed by atoms with E-state index in [1.54, 1.807) is 0 Å². The molecular formula is C9H11ClN6O2S. The molecule has 2 aromatic rings. The smallest absolute Gasteiger partial charge is 0.268 e. The lowest BCUT2D eigenvalue weighted by Gasteiger charge is -2.05. The molecule has 0 bridgehead atoms. The third-order valence-electron chi connectivity index (χ3n) is 2.23. The van der Waals surface area contributed by atoms with E-state index in [-0.39, 0.29) is 21.8 Å². The van der Waals surface area contributed by atoms with Crippen molar-refractivity contribution in [1.29, 1.82) is 0 Å². The first-order chi connectivity index (χ1) is 8.92. The number of nitrogens with one attached hydrogen (secondary N) is 1. The standard InChI is InChI=1S/C9H11ClN6O2S/c1-2-16-5-6(8(11)14-16)19(17,18)15-7-3-4-12-9(10)13-7/h3-5H,2H2,1H3,(H2,11,14)(H,12,13,15). The van der Waals surface area contributed by atoms with Gasteiger partial charge in [0.1, 0.15) is 10.7 Å². The molecule has 10 heteroatoms. The van der Waals surface area contributed by atoms with Crippen LogP contribution in [0.3, 0.4) is 0 Å². The van der Waals surface area contributed by atoms with Gasteiger partial charge in [0, 0.05) is 18.9 Å². The summed E-state index contributed by atoms with van der Waals surface area (Å²) in [5.41, 5.74) is 5.58. The fraction of sp³-hybridized carbons (Fsp3) is 0.222. The zero-order valence-corrected chi connectivity index (χ0v) is 11.5. The van der Waals surface area contributed by atoms with E-state index in [1.165, 1.54) is 23.1 Å². The normalized spacial score (nSPS) is 11.5. The van der Waals surface area contributed by atoms with Crippen LogP contribution in [0.2, 0.25) is 5.28 Å². The minimum absolute atomic E-state index is 0.0579. The van der Waals surface area contributed by atoms with E-state index >= 15 is 0 Å². The maximum atomic E-state index is 12.1. The van der Waals surface area contributed by atoms with Crippen molar-refractivity contribution in [2.24, 2.45) is 0 Å². The fourth-order valence-corrected chi connectivity index (χ4v) is 2.59. The number of nitrogens with two attached hydrogens (primary N) is 1. The van der Waals surface area contributed by atoms with E-state index in [0.29, 0.717) is 6.54 Å². The maximum Gasteiger partial charge on any atom is 0.268 e. The van der Waals surface area contributed by atoms with E-state index in [9.17, 15) is 8.42 Å². The average Bonchev–Trinajstić information content (AvgIpc) is 2.71. The summed E-state index contributed by atoms with van der Waals surface area (Å²) in [6.07, 6.45) is 2.69. The zero-order valence-electron chi connectivity index (χ0n) is 9.91. The van der Waals surface area contributed by atoms with Gasteiger partial charge in [-0.3, -0.25) is 9.40 Å². The summed E-state index contributed by atoms with van der Waals surface area (Å²) in [6.45, 7) is 2.33. The van der Waals surface area contributed by atoms with Crippen molar-refractivity contribution in [3.8, 4) is 0 Å². The number of hydrogen-bond donors (Lipinski definition) is 2. The van der Waals surface area contributed by atoms with Gasteiger partial charge in [-0.2, -0.15) is 10.1 Å². The summed E-state index contributed by atoms with van der Waals surface area (Å²) in [4.78, 5) is 7.29. The molecule has 0 saturated carbocycles. The number of halogens is 1. The van der Waals surface area contributed by atoms with E-state index in [2.05, 4.69) is 19.8 Å². The SMILES string of the molecule is CCn1cc(S(=O)(=O)Nc2ccnc(Cl)n2)c(N)n1. The highest BCUT2D eigenvalue weighted by atomic mass is 35.5. The second kappa shape index (κ2) is 5.02. The number of nitrogens with zero attached hydrogens (tertiary/aromatic N) is 4. The Balaban J connectivity index is 2.34. The van der Waals surface area contributed by atoms with Crippen LogP contribution in [0.15, 0.2) is 23.4 Å². The second-order valence-corrected chi connectivity index (χ2v) is 5.54. The highest BCUT2D eigenvalue weighted by molar-refractivity contribution is 7.92. The molecule has 0 unspecified atom stereocenters. The quantitative estimate of drug-likeness (QED) is 0.804. The molecule has 0 atom stereocenters. The van der Waals surface area contributed by atoms with Gasteiger partial charge < -0.3 is 5.73 Å². The van der Waals surface area contributed by atoms with Gasteiger partial charge in [-0.25, -0.2) is 13.4 Å². The Kier molecular flexibility index (Phi) is 3.58. The fourth-order valence-electron chi connectivity index (χ4n) is 1.37. The minimum atomic E-state index is -3.86. The van der Waals surface area contributed by atoms with Gasteiger partial charge in [0.2, 0.25) is 5.28 Å². The Bertz CT molecular complexity index is 698. The maximum absolute atomic E-state index is 12.1. The van der Waals surface area contributed by atoms with Gasteiger partial charge in [-0.05, 0) is 24.6 Å². The molecule has 3 N–H and O–H groups in total. The molecule has 102 valence electrons. The largest absolute Gasteiger partial charge is 0.381 e. The van der Waals surface area contributed by atoms with Gasteiger partial charge in [0.15, 0.2) is 5.82 Å². The third-order valence-corrected chi connectivity index (χ3v) is 3.79. The number of aryl methyl sites for hydroxylation is 1. The number of hydrogen-bond acceptors (Lipinski definition) is 6. The number of sulfonamides is 1. The summed E-state index contributed by atoms with van der Waals surface area (Å²) in [5.74, 6) is -0.0156. The van der Waals surface area contributed by atoms with Crippen LogP contribution in [-0.4, -0.2) is 28.2 Å². The Morgan fingerprint density at radius 3 is 2.84 bits per heavy atom. The Labute approximate surface area is 114 Å². The molecule has 8 nitrogen and oxygen atoms in total. The first-order valence-corrected chi connectivity index (χ1v) is 7.13. The molecule has 0 amide bonds. The van der Waals surface area contributed by atoms with Gasteiger partial charge in [-0.1, -0.05) is 0 Å². The molecule has 0 aromatic carbocycles. The monoisotopic (exact) mass is 302 g/mol. The molecule has 0 spiro atoms. The van der Waals surface area contributed by atoms with Crippen molar-refractivity contribution in [1.82, 2.24) is 19.7 Å². The first kappa shape index (κ1) is 13.6. The van der Waals surface area contributed by atoms with Crippen molar-refractivity contribution in [3.05, 3.63) is 23.7 Å². The average molecular weight is 303 g/mol. The molecule has 19 heavy (non-hydrogen) atoms. The van der Waals surface area contributed by atoms with Crippen molar-refractivity contribution in [3.63, 3.8) is 0 Å². The lowest BCUT2D eigenvalue weighted by atomic mass is 10.6. The van der Waals surface area contributed by atoms with Crippen LogP contribution >= 0.6 is 11.6 Å². The van der Waals surface area contributed by atoms with Crippen LogP contribution in [-0.2, 0) is 16.6 Å². The Morgan fingerprint density at radius 1 is 1.53 bits per heavy atom. The molecule has 0 saturated heterocycles. The highest BCUT2D eigenvalue weighted by Crippen LogP contribution is 2.19. The van der Waals surface area contributed by atoms with Gasteiger partial charge in [0.25, 0.3) is 10.0 Å². The van der Waals surface area contributed by atoms with Crippen LogP contribution in [0, 0.1) is 0 Å². The molecule has 0 aliphatic heterocycles. The van der Waals surface area contributed by atoms with E-state index in [4.69, 9.17) is 17.3 Å². The third kappa shape index (κ3) is 2.93. The highest BCUT2D eigenvalue weighted by Gasteiger charge is 2.21. The molecule has 0 aliphatic rings. The van der Waals surface area contributed by atoms with Crippen molar-refractivity contribution in [2.45, 2.75) is 18.4 Å². The number of rotatable bonds is 4. The zero-order chi connectivity index (χ0) is 14.0. The number of aromatic nitrogens is 4. The predicted octanol–water partition coefficient (Wildman–Crippen LogP) is 0.729. The van der Waals surface area contributed by atoms with Crippen LogP contribution in [0.1, 0.15) is 6.92 Å². The summed E-state index contributed by atoms with van der Waals surface area (Å²) >= 11 is 5.58. The van der Waals surface area contributed by atoms with Crippen molar-refractivity contribution in [2.75, 3.05) is 10.5 Å². The Hall–Kier alpha value is -1.87. The first-order valence-electron chi connectivity index (χ1n) is 5.26. The van der Waals surface area contributed by atoms with Gasteiger partial charge >= 0.3 is 0 Å². The van der Waals surface area contributed by atoms with Gasteiger partial charge in [-0.15, -0.1) is 0 Å². The summed E-state index contributed by atoms with van der Waals surface area (Å²) in [5, 5.41) is 3.81. The molecule has 2 rings (SSSR count). The molecule has 2 heterocycles. The summed E-state index contributed by atoms with van der Waals surface area (Å²) in [7, 11) is -3.86. The van der Waals surface area contributed by atoms with Crippen LogP contribution in [0.25, 0.3) is 0 Å². The van der Waals surface area contributed by atoms with Crippen LogP contribution in [0.4, 0.5) is 11.6 Å². The number of anilines is 2. The summed E-state index contributed by atoms with van der Waals surface area (Å²) < 4.78 is 27.9. The lowest BCUT2D eigenvalue weighted by molar-refractivity contribution is 0.600. The minimum Gasteiger partial charge on any atom is -0.381 e. The molecule has 0 radical (unpaired) electrons. The Morgan fingerprint density at radius 2 is 2.26 bits per heavy atom. The predicted molar refractivity (Wildman–Crippen MR) is 70.2 cm³/mol. The molecular weight excluding hydrogens is 292 g/mol. The molecule has 2 aromatic heterocycles. The second-order valence-electron chi connectivity index (χ2n) is 3.55. The molecule has 0 fully saturated rings. The topological polar surface area (TPSA) is 116 Å². The van der Waals surface area contributed by atoms with Crippen molar-refractivity contribution >= 4 is 33.3 Å². The summed E-state index contributed by atoms with van der Waals surface area (Å²) in [6, 6.07) is 1.38. The van der Waals surface area contributed by atoms with E-state index in [0.717, 1.165) is 0 Å². The van der Waals surface area contributed by atoms with E-state index < -0.39 is 10.0 Å². The lowest BCUT2D eigenvalue weighted by Crippen LogP contribution is -2.15. The number of nitrogen functional groups attached to an aromatic ring is 1.